The van der Waals surface area contributed by atoms with Gasteiger partial charge in [-0.05, 0) is 108 Å². The van der Waals surface area contributed by atoms with Crippen LogP contribution in [0.25, 0.3) is 0 Å². The summed E-state index contributed by atoms with van der Waals surface area (Å²) >= 11 is 0. The van der Waals surface area contributed by atoms with Gasteiger partial charge in [0, 0.05) is 12.3 Å². The Morgan fingerprint density at radius 2 is 1.40 bits per heavy atom. The average Bonchev–Trinajstić information content (AvgIpc) is 2.82. The van der Waals surface area contributed by atoms with E-state index in [1.807, 2.05) is 0 Å². The van der Waals surface area contributed by atoms with Gasteiger partial charge in [-0.25, -0.2) is 0 Å². The van der Waals surface area contributed by atoms with Gasteiger partial charge < -0.3 is 9.47 Å². The van der Waals surface area contributed by atoms with Gasteiger partial charge in [0.25, 0.3) is 0 Å². The van der Waals surface area contributed by atoms with Crippen molar-refractivity contribution in [3.63, 3.8) is 0 Å². The molecule has 0 heterocycles. The Labute approximate surface area is 248 Å². The molecule has 0 radical (unpaired) electrons. The second-order valence-corrected chi connectivity index (χ2v) is 17.2. The number of hydrogen-bond acceptors (Lipinski definition) is 2. The van der Waals surface area contributed by atoms with Crippen LogP contribution in [0, 0.1) is 39.9 Å². The molecule has 1 aromatic carbocycles. The third-order valence-corrected chi connectivity index (χ3v) is 10.4. The molecule has 4 aliphatic rings. The first-order chi connectivity index (χ1) is 18.6. The molecule has 2 bridgehead atoms. The van der Waals surface area contributed by atoms with E-state index in [0.29, 0.717) is 11.8 Å². The van der Waals surface area contributed by atoms with Gasteiger partial charge in [0.15, 0.2) is 0 Å². The van der Waals surface area contributed by atoms with Crippen LogP contribution in [0.1, 0.15) is 151 Å². The molecular weight excluding hydrogens is 488 g/mol. The van der Waals surface area contributed by atoms with Crippen LogP contribution in [0.5, 0.6) is 5.75 Å². The van der Waals surface area contributed by atoms with Crippen LogP contribution in [-0.2, 0) is 4.74 Å². The van der Waals surface area contributed by atoms with E-state index in [2.05, 4.69) is 93.5 Å². The molecule has 4 aliphatic carbocycles. The normalized spacial score (nSPS) is 26.4. The lowest BCUT2D eigenvalue weighted by Gasteiger charge is -2.42. The lowest BCUT2D eigenvalue weighted by Crippen LogP contribution is -2.36. The fraction of sp³-hybridized carbons (Fsp3) is 0.789. The zero-order valence-electron chi connectivity index (χ0n) is 27.9. The Kier molecular flexibility index (Phi) is 9.78. The van der Waals surface area contributed by atoms with Gasteiger partial charge in [0.05, 0.1) is 0 Å². The fourth-order valence-electron chi connectivity index (χ4n) is 8.12. The molecule has 5 rings (SSSR count). The van der Waals surface area contributed by atoms with Gasteiger partial charge in [-0.1, -0.05) is 101 Å². The molecular formula is C38H62O2. The summed E-state index contributed by atoms with van der Waals surface area (Å²) in [5.41, 5.74) is 3.69. The summed E-state index contributed by atoms with van der Waals surface area (Å²) < 4.78 is 13.8. The van der Waals surface area contributed by atoms with Crippen LogP contribution < -0.4 is 4.74 Å². The van der Waals surface area contributed by atoms with Crippen LogP contribution >= 0.6 is 0 Å². The molecule has 0 aliphatic heterocycles. The van der Waals surface area contributed by atoms with Crippen molar-refractivity contribution in [1.82, 2.24) is 0 Å². The summed E-state index contributed by atoms with van der Waals surface area (Å²) in [5, 5.41) is 0. The second-order valence-electron chi connectivity index (χ2n) is 17.2. The Hall–Kier alpha value is -1.44. The van der Waals surface area contributed by atoms with Gasteiger partial charge in [-0.3, -0.25) is 0 Å². The molecule has 0 aromatic heterocycles. The summed E-state index contributed by atoms with van der Waals surface area (Å²) in [6.07, 6.45) is 13.8. The number of rotatable bonds is 9. The first-order valence-electron chi connectivity index (χ1n) is 16.8. The minimum atomic E-state index is -0.241. The van der Waals surface area contributed by atoms with Gasteiger partial charge >= 0.3 is 0 Å². The predicted molar refractivity (Wildman–Crippen MR) is 170 cm³/mol. The molecule has 40 heavy (non-hydrogen) atoms. The van der Waals surface area contributed by atoms with E-state index in [-0.39, 0.29) is 22.5 Å². The van der Waals surface area contributed by atoms with Gasteiger partial charge in [-0.15, -0.1) is 0 Å². The summed E-state index contributed by atoms with van der Waals surface area (Å²) in [5.74, 6) is 5.59. The molecule has 0 spiro atoms. The Morgan fingerprint density at radius 1 is 0.775 bits per heavy atom. The van der Waals surface area contributed by atoms with Crippen molar-refractivity contribution >= 4 is 0 Å². The maximum absolute atomic E-state index is 7.02. The summed E-state index contributed by atoms with van der Waals surface area (Å²) in [6.45, 7) is 24.0. The van der Waals surface area contributed by atoms with Crippen LogP contribution in [0.4, 0.5) is 0 Å². The van der Waals surface area contributed by atoms with Crippen molar-refractivity contribution in [3.8, 4) is 5.75 Å². The molecule has 2 nitrogen and oxygen atoms in total. The SMILES string of the molecule is CC1CC2CC(=C(OC(CC(C)(C)C3CCCCC3)Oc3ccc(C(CC(C)(C)C)C(C)(C)C)cc3)C(C)C1)C2. The molecule has 4 unspecified atom stereocenters. The van der Waals surface area contributed by atoms with Gasteiger partial charge in [-0.2, -0.15) is 0 Å². The van der Waals surface area contributed by atoms with E-state index in [0.717, 1.165) is 29.9 Å². The van der Waals surface area contributed by atoms with E-state index >= 15 is 0 Å². The van der Waals surface area contributed by atoms with Crippen LogP contribution in [0.2, 0.25) is 0 Å². The highest BCUT2D eigenvalue weighted by Gasteiger charge is 2.38. The zero-order chi connectivity index (χ0) is 29.3. The predicted octanol–water partition coefficient (Wildman–Crippen LogP) is 11.7. The van der Waals surface area contributed by atoms with Crippen molar-refractivity contribution in [2.24, 2.45) is 39.9 Å². The number of hydrogen-bond donors (Lipinski definition) is 0. The average molecular weight is 551 g/mol. The maximum atomic E-state index is 7.02. The third kappa shape index (κ3) is 8.32. The van der Waals surface area contributed by atoms with Crippen LogP contribution in [0.15, 0.2) is 35.6 Å². The summed E-state index contributed by atoms with van der Waals surface area (Å²) in [4.78, 5) is 0. The monoisotopic (exact) mass is 550 g/mol. The lowest BCUT2D eigenvalue weighted by atomic mass is 9.69. The van der Waals surface area contributed by atoms with Crippen molar-refractivity contribution in [2.45, 2.75) is 152 Å². The highest BCUT2D eigenvalue weighted by Crippen LogP contribution is 2.48. The highest BCUT2D eigenvalue weighted by molar-refractivity contribution is 5.31. The third-order valence-electron chi connectivity index (χ3n) is 10.4. The Balaban J connectivity index is 1.56. The first-order valence-corrected chi connectivity index (χ1v) is 16.8. The minimum Gasteiger partial charge on any atom is -0.459 e. The first kappa shape index (κ1) is 31.5. The molecule has 2 saturated carbocycles. The van der Waals surface area contributed by atoms with E-state index in [1.54, 1.807) is 5.57 Å². The van der Waals surface area contributed by atoms with Gasteiger partial charge in [0.1, 0.15) is 11.5 Å². The molecule has 0 saturated heterocycles. The molecule has 1 aromatic rings. The molecule has 4 atom stereocenters. The Morgan fingerprint density at radius 3 is 1.98 bits per heavy atom. The lowest BCUT2D eigenvalue weighted by molar-refractivity contribution is -0.0917. The standard InChI is InChI=1S/C38H62O2/c1-26-20-27(2)35(30-22-28(21-26)23-30)40-34(25-38(9,10)31-14-12-11-13-15-31)39-32-18-16-29(17-19-32)33(37(6,7)8)24-36(3,4)5/h16-19,26-28,31,33-34H,11-15,20-25H2,1-10H3. The fourth-order valence-corrected chi connectivity index (χ4v) is 8.12. The number of fused-ring (bicyclic) bond motifs is 4. The number of allylic oxidation sites excluding steroid dienone is 2. The van der Waals surface area contributed by atoms with Crippen molar-refractivity contribution in [1.29, 1.82) is 0 Å². The second kappa shape index (κ2) is 12.4. The molecule has 0 amide bonds. The quantitative estimate of drug-likeness (QED) is 0.285. The summed E-state index contributed by atoms with van der Waals surface area (Å²) in [7, 11) is 0. The number of ether oxygens (including phenoxy) is 2. The van der Waals surface area contributed by atoms with E-state index in [1.165, 1.54) is 75.5 Å². The van der Waals surface area contributed by atoms with Gasteiger partial charge in [0.2, 0.25) is 6.29 Å². The van der Waals surface area contributed by atoms with Crippen LogP contribution in [0.3, 0.4) is 0 Å². The topological polar surface area (TPSA) is 18.5 Å². The zero-order valence-corrected chi connectivity index (χ0v) is 27.9. The number of benzene rings is 1. The smallest absolute Gasteiger partial charge is 0.241 e. The maximum Gasteiger partial charge on any atom is 0.241 e. The van der Waals surface area contributed by atoms with E-state index in [9.17, 15) is 0 Å². The summed E-state index contributed by atoms with van der Waals surface area (Å²) in [6, 6.07) is 9.06. The van der Waals surface area contributed by atoms with Crippen LogP contribution in [-0.4, -0.2) is 6.29 Å². The molecule has 2 fully saturated rings. The minimum absolute atomic E-state index is 0.195. The van der Waals surface area contributed by atoms with E-state index in [4.69, 9.17) is 9.47 Å². The Bertz CT molecular complexity index is 972. The molecule has 226 valence electrons. The van der Waals surface area contributed by atoms with E-state index < -0.39 is 0 Å². The van der Waals surface area contributed by atoms with Crippen molar-refractivity contribution < 1.29 is 9.47 Å². The largest absolute Gasteiger partial charge is 0.459 e. The molecule has 2 heteroatoms. The highest BCUT2D eigenvalue weighted by atomic mass is 16.7. The van der Waals surface area contributed by atoms with Crippen molar-refractivity contribution in [2.75, 3.05) is 0 Å². The molecule has 0 N–H and O–H groups in total. The van der Waals surface area contributed by atoms with Crippen molar-refractivity contribution in [3.05, 3.63) is 41.2 Å².